The van der Waals surface area contributed by atoms with Crippen LogP contribution in [0.4, 0.5) is 0 Å². The third-order valence-corrected chi connectivity index (χ3v) is 2.71. The number of hydrogen-bond donors (Lipinski definition) is 1. The maximum Gasteiger partial charge on any atom is 0.0810 e. The highest BCUT2D eigenvalue weighted by molar-refractivity contribution is 5.15. The lowest BCUT2D eigenvalue weighted by molar-refractivity contribution is 0.0123. The smallest absolute Gasteiger partial charge is 0.0810 e. The topological polar surface area (TPSA) is 29.5 Å². The molecule has 0 aromatic heterocycles. The highest BCUT2D eigenvalue weighted by Gasteiger charge is 2.24. The normalized spacial score (nSPS) is 26.6. The maximum absolute atomic E-state index is 8.92. The average Bonchev–Trinajstić information content (AvgIpc) is 2.67. The Morgan fingerprint density at radius 3 is 2.50 bits per heavy atom. The van der Waals surface area contributed by atoms with Crippen molar-refractivity contribution in [1.29, 1.82) is 0 Å². The minimum atomic E-state index is 0.0729. The van der Waals surface area contributed by atoms with E-state index in [0.717, 1.165) is 19.3 Å². The molecule has 1 N–H and O–H groups in total. The number of rotatable bonds is 3. The van der Waals surface area contributed by atoms with Crippen molar-refractivity contribution in [2.24, 2.45) is 0 Å². The Morgan fingerprint density at radius 1 is 1.14 bits per heavy atom. The van der Waals surface area contributed by atoms with E-state index in [4.69, 9.17) is 9.84 Å². The summed E-state index contributed by atoms with van der Waals surface area (Å²) in [6.07, 6.45) is 3.41. The van der Waals surface area contributed by atoms with Crippen molar-refractivity contribution < 1.29 is 9.84 Å². The fourth-order valence-electron chi connectivity index (χ4n) is 1.94. The fourth-order valence-corrected chi connectivity index (χ4v) is 1.94. The molecular formula is C12H16O2. The Morgan fingerprint density at radius 2 is 1.86 bits per heavy atom. The number of ether oxygens (including phenoxy) is 1. The lowest BCUT2D eigenvalue weighted by Gasteiger charge is -2.11. The molecule has 2 atom stereocenters. The van der Waals surface area contributed by atoms with Crippen molar-refractivity contribution >= 4 is 0 Å². The summed E-state index contributed by atoms with van der Waals surface area (Å²) in [6.45, 7) is 0.158. The van der Waals surface area contributed by atoms with Gasteiger partial charge < -0.3 is 9.84 Å². The summed E-state index contributed by atoms with van der Waals surface area (Å²) in [6, 6.07) is 10.4. The third-order valence-electron chi connectivity index (χ3n) is 2.71. The standard InChI is InChI=1S/C12H16O2/c13-9-12-7-6-11(14-12)8-10-4-2-1-3-5-10/h1-5,11-13H,6-9H2/t11?,12-/m0/s1. The summed E-state index contributed by atoms with van der Waals surface area (Å²) in [5.74, 6) is 0. The Kier molecular flexibility index (Phi) is 3.17. The molecule has 2 rings (SSSR count). The monoisotopic (exact) mass is 192 g/mol. The Labute approximate surface area is 84.5 Å². The molecule has 0 saturated carbocycles. The molecule has 0 radical (unpaired) electrons. The van der Waals surface area contributed by atoms with Gasteiger partial charge in [0.05, 0.1) is 18.8 Å². The molecule has 1 aromatic carbocycles. The molecular weight excluding hydrogens is 176 g/mol. The first kappa shape index (κ1) is 9.69. The lowest BCUT2D eigenvalue weighted by Crippen LogP contribution is -2.16. The summed E-state index contributed by atoms with van der Waals surface area (Å²) < 4.78 is 5.66. The summed E-state index contributed by atoms with van der Waals surface area (Å²) in [7, 11) is 0. The van der Waals surface area contributed by atoms with Gasteiger partial charge in [-0.05, 0) is 24.8 Å². The zero-order valence-electron chi connectivity index (χ0n) is 8.23. The van der Waals surface area contributed by atoms with E-state index in [1.54, 1.807) is 0 Å². The summed E-state index contributed by atoms with van der Waals surface area (Å²) in [4.78, 5) is 0. The molecule has 76 valence electrons. The first-order valence-electron chi connectivity index (χ1n) is 5.18. The molecule has 1 saturated heterocycles. The van der Waals surface area contributed by atoms with Crippen LogP contribution < -0.4 is 0 Å². The summed E-state index contributed by atoms with van der Waals surface area (Å²) in [5.41, 5.74) is 1.32. The van der Waals surface area contributed by atoms with Crippen LogP contribution in [-0.2, 0) is 11.2 Å². The van der Waals surface area contributed by atoms with E-state index in [-0.39, 0.29) is 12.7 Å². The van der Waals surface area contributed by atoms with Gasteiger partial charge in [-0.3, -0.25) is 0 Å². The van der Waals surface area contributed by atoms with Gasteiger partial charge in [-0.25, -0.2) is 0 Å². The molecule has 1 unspecified atom stereocenters. The number of benzene rings is 1. The van der Waals surface area contributed by atoms with Gasteiger partial charge in [0, 0.05) is 0 Å². The van der Waals surface area contributed by atoms with E-state index >= 15 is 0 Å². The van der Waals surface area contributed by atoms with E-state index in [0.29, 0.717) is 6.10 Å². The zero-order valence-corrected chi connectivity index (χ0v) is 8.23. The maximum atomic E-state index is 8.92. The van der Waals surface area contributed by atoms with Gasteiger partial charge in [-0.2, -0.15) is 0 Å². The largest absolute Gasteiger partial charge is 0.394 e. The Balaban J connectivity index is 1.88. The van der Waals surface area contributed by atoms with Gasteiger partial charge >= 0.3 is 0 Å². The first-order chi connectivity index (χ1) is 6.88. The highest BCUT2D eigenvalue weighted by Crippen LogP contribution is 2.22. The highest BCUT2D eigenvalue weighted by atomic mass is 16.5. The van der Waals surface area contributed by atoms with Gasteiger partial charge in [0.25, 0.3) is 0 Å². The van der Waals surface area contributed by atoms with Crippen LogP contribution in [0.25, 0.3) is 0 Å². The van der Waals surface area contributed by atoms with Gasteiger partial charge in [0.15, 0.2) is 0 Å². The molecule has 0 bridgehead atoms. The van der Waals surface area contributed by atoms with Crippen LogP contribution in [0, 0.1) is 0 Å². The molecule has 0 aliphatic carbocycles. The van der Waals surface area contributed by atoms with Gasteiger partial charge in [0.1, 0.15) is 0 Å². The Hall–Kier alpha value is -0.860. The molecule has 0 spiro atoms. The molecule has 1 aromatic rings. The molecule has 2 nitrogen and oxygen atoms in total. The van der Waals surface area contributed by atoms with Gasteiger partial charge in [0.2, 0.25) is 0 Å². The zero-order chi connectivity index (χ0) is 9.80. The fraction of sp³-hybridized carbons (Fsp3) is 0.500. The van der Waals surface area contributed by atoms with Crippen LogP contribution >= 0.6 is 0 Å². The summed E-state index contributed by atoms with van der Waals surface area (Å²) in [5, 5.41) is 8.92. The molecule has 1 aliphatic rings. The van der Waals surface area contributed by atoms with Crippen molar-refractivity contribution in [3.63, 3.8) is 0 Å². The van der Waals surface area contributed by atoms with E-state index in [1.165, 1.54) is 5.56 Å². The van der Waals surface area contributed by atoms with Gasteiger partial charge in [-0.1, -0.05) is 30.3 Å². The minimum Gasteiger partial charge on any atom is -0.394 e. The number of aliphatic hydroxyl groups is 1. The van der Waals surface area contributed by atoms with Crippen molar-refractivity contribution in [3.8, 4) is 0 Å². The van der Waals surface area contributed by atoms with E-state index < -0.39 is 0 Å². The molecule has 0 amide bonds. The van der Waals surface area contributed by atoms with E-state index in [1.807, 2.05) is 18.2 Å². The van der Waals surface area contributed by atoms with Crippen molar-refractivity contribution in [1.82, 2.24) is 0 Å². The van der Waals surface area contributed by atoms with E-state index in [9.17, 15) is 0 Å². The quantitative estimate of drug-likeness (QED) is 0.791. The second kappa shape index (κ2) is 4.58. The van der Waals surface area contributed by atoms with Crippen LogP contribution in [0.15, 0.2) is 30.3 Å². The van der Waals surface area contributed by atoms with Crippen LogP contribution in [0.5, 0.6) is 0 Å². The molecule has 1 aliphatic heterocycles. The minimum absolute atomic E-state index is 0.0729. The first-order valence-corrected chi connectivity index (χ1v) is 5.18. The van der Waals surface area contributed by atoms with Crippen LogP contribution in [0.2, 0.25) is 0 Å². The average molecular weight is 192 g/mol. The van der Waals surface area contributed by atoms with Gasteiger partial charge in [-0.15, -0.1) is 0 Å². The predicted octanol–water partition coefficient (Wildman–Crippen LogP) is 1.77. The SMILES string of the molecule is OC[C@@H]1CCC(Cc2ccccc2)O1. The Bertz CT molecular complexity index is 271. The summed E-state index contributed by atoms with van der Waals surface area (Å²) >= 11 is 0. The van der Waals surface area contributed by atoms with Crippen molar-refractivity contribution in [3.05, 3.63) is 35.9 Å². The molecule has 1 heterocycles. The molecule has 1 fully saturated rings. The van der Waals surface area contributed by atoms with E-state index in [2.05, 4.69) is 12.1 Å². The second-order valence-electron chi connectivity index (χ2n) is 3.83. The second-order valence-corrected chi connectivity index (χ2v) is 3.83. The van der Waals surface area contributed by atoms with Crippen LogP contribution in [0.1, 0.15) is 18.4 Å². The third kappa shape index (κ3) is 2.34. The van der Waals surface area contributed by atoms with Crippen molar-refractivity contribution in [2.45, 2.75) is 31.5 Å². The molecule has 14 heavy (non-hydrogen) atoms. The lowest BCUT2D eigenvalue weighted by atomic mass is 10.1. The van der Waals surface area contributed by atoms with Crippen LogP contribution in [-0.4, -0.2) is 23.9 Å². The number of hydrogen-bond acceptors (Lipinski definition) is 2. The molecule has 2 heteroatoms. The van der Waals surface area contributed by atoms with Crippen molar-refractivity contribution in [2.75, 3.05) is 6.61 Å². The van der Waals surface area contributed by atoms with Crippen LogP contribution in [0.3, 0.4) is 0 Å². The number of aliphatic hydroxyl groups excluding tert-OH is 1. The predicted molar refractivity (Wildman–Crippen MR) is 55.1 cm³/mol.